The van der Waals surface area contributed by atoms with Gasteiger partial charge in [-0.15, -0.1) is 0 Å². The number of urea groups is 1. The molecule has 0 aromatic heterocycles. The van der Waals surface area contributed by atoms with Gasteiger partial charge in [0.2, 0.25) is 0 Å². The number of aliphatic carboxylic acids is 1. The van der Waals surface area contributed by atoms with Gasteiger partial charge in [-0.05, 0) is 17.7 Å². The lowest BCUT2D eigenvalue weighted by atomic mass is 10.2. The zero-order valence-corrected chi connectivity index (χ0v) is 12.1. The van der Waals surface area contributed by atoms with Crippen LogP contribution in [0.4, 0.5) is 10.5 Å². The number of carbonyl (C=O) groups is 2. The molecule has 0 aliphatic rings. The third-order valence-corrected chi connectivity index (χ3v) is 2.71. The molecular weight excluding hydrogens is 276 g/mol. The Kier molecular flexibility index (Phi) is 7.20. The Hall–Kier alpha value is -2.12. The Bertz CT molecular complexity index is 478. The fourth-order valence-corrected chi connectivity index (χ4v) is 1.72. The topological polar surface area (TPSA) is 96.9 Å². The predicted octanol–water partition coefficient (Wildman–Crippen LogP) is 1.44. The second-order valence-electron chi connectivity index (χ2n) is 4.40. The Labute approximate surface area is 123 Å². The number of hydrogen-bond donors (Lipinski definition) is 3. The number of nitrogens with one attached hydrogen (secondary N) is 2. The van der Waals surface area contributed by atoms with Crippen molar-refractivity contribution in [2.75, 3.05) is 26.1 Å². The van der Waals surface area contributed by atoms with Gasteiger partial charge >= 0.3 is 12.0 Å². The van der Waals surface area contributed by atoms with Crippen LogP contribution >= 0.6 is 0 Å². The zero-order valence-electron chi connectivity index (χ0n) is 12.1. The summed E-state index contributed by atoms with van der Waals surface area (Å²) in [7, 11) is 3.06. The molecule has 1 aromatic rings. The van der Waals surface area contributed by atoms with Crippen molar-refractivity contribution in [1.82, 2.24) is 5.32 Å². The Balaban J connectivity index is 2.58. The van der Waals surface area contributed by atoms with Crippen molar-refractivity contribution in [1.29, 1.82) is 0 Å². The smallest absolute Gasteiger partial charge is 0.326 e. The van der Waals surface area contributed by atoms with Crippen LogP contribution in [0.15, 0.2) is 24.3 Å². The standard InChI is InChI=1S/C14H20N2O5/c1-20-7-6-12(13(17)18)16-14(19)15-11-5-3-4-10(8-11)9-21-2/h3-5,8,12H,6-7,9H2,1-2H3,(H,17,18)(H2,15,16,19). The van der Waals surface area contributed by atoms with Gasteiger partial charge in [-0.2, -0.15) is 0 Å². The first-order valence-corrected chi connectivity index (χ1v) is 6.44. The van der Waals surface area contributed by atoms with Crippen LogP contribution in [-0.2, 0) is 20.9 Å². The molecule has 0 spiro atoms. The summed E-state index contributed by atoms with van der Waals surface area (Å²) in [6.07, 6.45) is 0.197. The molecule has 0 radical (unpaired) electrons. The molecule has 1 unspecified atom stereocenters. The summed E-state index contributed by atoms with van der Waals surface area (Å²) in [4.78, 5) is 22.8. The quantitative estimate of drug-likeness (QED) is 0.674. The van der Waals surface area contributed by atoms with E-state index < -0.39 is 18.0 Å². The van der Waals surface area contributed by atoms with E-state index in [-0.39, 0.29) is 13.0 Å². The lowest BCUT2D eigenvalue weighted by Gasteiger charge is -2.15. The van der Waals surface area contributed by atoms with Gasteiger partial charge in [-0.25, -0.2) is 9.59 Å². The molecule has 2 amide bonds. The number of benzene rings is 1. The summed E-state index contributed by atoms with van der Waals surface area (Å²) in [5.74, 6) is -1.10. The lowest BCUT2D eigenvalue weighted by Crippen LogP contribution is -2.43. The third kappa shape index (κ3) is 6.24. The molecule has 1 aromatic carbocycles. The average Bonchev–Trinajstić information content (AvgIpc) is 2.44. The molecule has 1 rings (SSSR count). The highest BCUT2D eigenvalue weighted by Gasteiger charge is 2.19. The van der Waals surface area contributed by atoms with Gasteiger partial charge in [0, 0.05) is 32.9 Å². The van der Waals surface area contributed by atoms with Crippen molar-refractivity contribution in [3.05, 3.63) is 29.8 Å². The fraction of sp³-hybridized carbons (Fsp3) is 0.429. The number of rotatable bonds is 8. The first kappa shape index (κ1) is 16.9. The summed E-state index contributed by atoms with van der Waals surface area (Å²) in [6.45, 7) is 0.684. The number of hydrogen-bond acceptors (Lipinski definition) is 4. The Morgan fingerprint density at radius 2 is 2.05 bits per heavy atom. The second-order valence-corrected chi connectivity index (χ2v) is 4.40. The van der Waals surface area contributed by atoms with Crippen LogP contribution in [0.25, 0.3) is 0 Å². The number of carbonyl (C=O) groups excluding carboxylic acids is 1. The minimum Gasteiger partial charge on any atom is -0.480 e. The minimum absolute atomic E-state index is 0.197. The highest BCUT2D eigenvalue weighted by molar-refractivity contribution is 5.92. The van der Waals surface area contributed by atoms with Crippen molar-refractivity contribution < 1.29 is 24.2 Å². The van der Waals surface area contributed by atoms with Gasteiger partial charge < -0.3 is 25.2 Å². The molecule has 0 aliphatic heterocycles. The lowest BCUT2D eigenvalue weighted by molar-refractivity contribution is -0.139. The maximum absolute atomic E-state index is 11.8. The first-order chi connectivity index (χ1) is 10.1. The molecular formula is C14H20N2O5. The van der Waals surface area contributed by atoms with Crippen molar-refractivity contribution in [3.63, 3.8) is 0 Å². The van der Waals surface area contributed by atoms with Crippen molar-refractivity contribution in [2.24, 2.45) is 0 Å². The van der Waals surface area contributed by atoms with Gasteiger partial charge in [-0.3, -0.25) is 0 Å². The molecule has 1 atom stereocenters. The highest BCUT2D eigenvalue weighted by atomic mass is 16.5. The number of amides is 2. The Morgan fingerprint density at radius 3 is 2.67 bits per heavy atom. The van der Waals surface area contributed by atoms with E-state index in [2.05, 4.69) is 10.6 Å². The van der Waals surface area contributed by atoms with Gasteiger partial charge in [0.1, 0.15) is 6.04 Å². The van der Waals surface area contributed by atoms with Gasteiger partial charge in [0.15, 0.2) is 0 Å². The van der Waals surface area contributed by atoms with Crippen LogP contribution in [0.5, 0.6) is 0 Å². The van der Waals surface area contributed by atoms with Crippen LogP contribution in [0.3, 0.4) is 0 Å². The molecule has 0 heterocycles. The van der Waals surface area contributed by atoms with E-state index in [1.807, 2.05) is 6.07 Å². The maximum Gasteiger partial charge on any atom is 0.326 e. The number of carboxylic acids is 1. The highest BCUT2D eigenvalue weighted by Crippen LogP contribution is 2.11. The van der Waals surface area contributed by atoms with E-state index in [9.17, 15) is 9.59 Å². The van der Waals surface area contributed by atoms with Gasteiger partial charge in [-0.1, -0.05) is 12.1 Å². The molecule has 7 heteroatoms. The average molecular weight is 296 g/mol. The summed E-state index contributed by atoms with van der Waals surface area (Å²) >= 11 is 0. The first-order valence-electron chi connectivity index (χ1n) is 6.44. The molecule has 21 heavy (non-hydrogen) atoms. The number of anilines is 1. The zero-order chi connectivity index (χ0) is 15.7. The van der Waals surface area contributed by atoms with E-state index in [0.29, 0.717) is 12.3 Å². The van der Waals surface area contributed by atoms with Crippen molar-refractivity contribution >= 4 is 17.7 Å². The summed E-state index contributed by atoms with van der Waals surface area (Å²) < 4.78 is 9.82. The third-order valence-electron chi connectivity index (χ3n) is 2.71. The minimum atomic E-state index is -1.10. The molecule has 3 N–H and O–H groups in total. The summed E-state index contributed by atoms with van der Waals surface area (Å²) in [5.41, 5.74) is 1.47. The van der Waals surface area contributed by atoms with Crippen molar-refractivity contribution in [2.45, 2.75) is 19.1 Å². The van der Waals surface area contributed by atoms with Crippen molar-refractivity contribution in [3.8, 4) is 0 Å². The van der Waals surface area contributed by atoms with E-state index in [0.717, 1.165) is 5.56 Å². The van der Waals surface area contributed by atoms with E-state index in [1.54, 1.807) is 25.3 Å². The molecule has 0 bridgehead atoms. The molecule has 0 fully saturated rings. The summed E-state index contributed by atoms with van der Waals surface area (Å²) in [5, 5.41) is 14.0. The van der Waals surface area contributed by atoms with Crippen LogP contribution in [0.1, 0.15) is 12.0 Å². The number of methoxy groups -OCH3 is 2. The van der Waals surface area contributed by atoms with Crippen LogP contribution in [-0.4, -0.2) is 44.0 Å². The number of ether oxygens (including phenoxy) is 2. The predicted molar refractivity (Wildman–Crippen MR) is 77.2 cm³/mol. The normalized spacial score (nSPS) is 11.7. The molecule has 116 valence electrons. The van der Waals surface area contributed by atoms with Gasteiger partial charge in [0.05, 0.1) is 6.61 Å². The van der Waals surface area contributed by atoms with Gasteiger partial charge in [0.25, 0.3) is 0 Å². The fourth-order valence-electron chi connectivity index (χ4n) is 1.72. The molecule has 0 aliphatic carbocycles. The number of carboxylic acid groups (broad SMARTS) is 1. The molecule has 0 saturated heterocycles. The van der Waals surface area contributed by atoms with Crippen LogP contribution < -0.4 is 10.6 Å². The molecule has 0 saturated carbocycles. The van der Waals surface area contributed by atoms with E-state index in [4.69, 9.17) is 14.6 Å². The second kappa shape index (κ2) is 8.93. The monoisotopic (exact) mass is 296 g/mol. The Morgan fingerprint density at radius 1 is 1.29 bits per heavy atom. The van der Waals surface area contributed by atoms with E-state index in [1.165, 1.54) is 7.11 Å². The largest absolute Gasteiger partial charge is 0.480 e. The maximum atomic E-state index is 11.8. The molecule has 7 nitrogen and oxygen atoms in total. The van der Waals surface area contributed by atoms with Crippen LogP contribution in [0, 0.1) is 0 Å². The summed E-state index contributed by atoms with van der Waals surface area (Å²) in [6, 6.07) is 5.55. The van der Waals surface area contributed by atoms with E-state index >= 15 is 0 Å². The van der Waals surface area contributed by atoms with Crippen LogP contribution in [0.2, 0.25) is 0 Å². The SMILES string of the molecule is COCCC(NC(=O)Nc1cccc(COC)c1)C(=O)O.